The fourth-order valence-electron chi connectivity index (χ4n) is 8.56. The van der Waals surface area contributed by atoms with Gasteiger partial charge in [-0.05, 0) is 56.1 Å². The normalized spacial score (nSPS) is 34.6. The number of rotatable bonds is 10. The van der Waals surface area contributed by atoms with Crippen LogP contribution in [0.1, 0.15) is 64.5 Å². The fourth-order valence-corrected chi connectivity index (χ4v) is 8.56. The van der Waals surface area contributed by atoms with Crippen LogP contribution >= 0.6 is 0 Å². The number of aliphatic hydroxyl groups excluding tert-OH is 1. The third kappa shape index (κ3) is 5.53. The van der Waals surface area contributed by atoms with Crippen molar-refractivity contribution in [1.82, 2.24) is 15.3 Å². The molecule has 44 heavy (non-hydrogen) atoms. The summed E-state index contributed by atoms with van der Waals surface area (Å²) in [5.41, 5.74) is -1.52. The van der Waals surface area contributed by atoms with E-state index in [1.54, 1.807) is 12.2 Å². The summed E-state index contributed by atoms with van der Waals surface area (Å²) < 4.78 is 9.95. The minimum Gasteiger partial charge on any atom is -0.467 e. The van der Waals surface area contributed by atoms with Gasteiger partial charge in [-0.1, -0.05) is 25.5 Å². The van der Waals surface area contributed by atoms with Crippen LogP contribution < -0.4 is 5.32 Å². The number of ether oxygens (including phenoxy) is 2. The Morgan fingerprint density at radius 3 is 2.68 bits per heavy atom. The number of esters is 2. The van der Waals surface area contributed by atoms with Crippen LogP contribution in [0.25, 0.3) is 0 Å². The molecular weight excluding hydrogens is 570 g/mol. The molecule has 4 aliphatic carbocycles. The van der Waals surface area contributed by atoms with Gasteiger partial charge >= 0.3 is 11.9 Å². The van der Waals surface area contributed by atoms with Gasteiger partial charge in [0.1, 0.15) is 11.6 Å². The summed E-state index contributed by atoms with van der Waals surface area (Å²) in [5.74, 6) is -2.80. The van der Waals surface area contributed by atoms with E-state index in [-0.39, 0.29) is 55.6 Å². The lowest BCUT2D eigenvalue weighted by Gasteiger charge is -2.59. The molecule has 5 rings (SSSR count). The predicted octanol–water partition coefficient (Wildman–Crippen LogP) is 1.51. The third-order valence-corrected chi connectivity index (χ3v) is 10.8. The molecule has 3 fully saturated rings. The van der Waals surface area contributed by atoms with Crippen molar-refractivity contribution >= 4 is 29.4 Å². The van der Waals surface area contributed by atoms with E-state index < -0.39 is 58.8 Å². The molecule has 4 aliphatic rings. The van der Waals surface area contributed by atoms with E-state index in [0.29, 0.717) is 18.5 Å². The number of aromatic amines is 1. The van der Waals surface area contributed by atoms with Crippen LogP contribution in [0.15, 0.2) is 36.3 Å². The first kappa shape index (κ1) is 31.8. The number of allylic oxidation sites excluding steroid dienone is 4. The summed E-state index contributed by atoms with van der Waals surface area (Å²) in [6.07, 6.45) is 9.31. The number of methoxy groups -OCH3 is 1. The zero-order valence-corrected chi connectivity index (χ0v) is 25.3. The number of carbonyl (C=O) groups excluding carboxylic acids is 5. The van der Waals surface area contributed by atoms with Crippen molar-refractivity contribution in [2.45, 2.75) is 83.0 Å². The molecule has 3 saturated carbocycles. The molecule has 12 heteroatoms. The lowest BCUT2D eigenvalue weighted by molar-refractivity contribution is -0.181. The summed E-state index contributed by atoms with van der Waals surface area (Å²) in [7, 11) is 1.20. The Morgan fingerprint density at radius 2 is 1.98 bits per heavy atom. The minimum atomic E-state index is -1.78. The number of aromatic nitrogens is 2. The first-order valence-electron chi connectivity index (χ1n) is 15.2. The molecule has 0 saturated heterocycles. The Morgan fingerprint density at radius 1 is 1.20 bits per heavy atom. The number of hydrogen-bond donors (Lipinski definition) is 4. The molecule has 1 aromatic heterocycles. The van der Waals surface area contributed by atoms with E-state index in [9.17, 15) is 34.2 Å². The number of amides is 1. The Hall–Kier alpha value is -3.64. The number of imidazole rings is 1. The van der Waals surface area contributed by atoms with Crippen LogP contribution in [-0.2, 0) is 39.9 Å². The molecule has 0 bridgehead atoms. The second-order valence-corrected chi connectivity index (χ2v) is 13.1. The van der Waals surface area contributed by atoms with E-state index in [0.717, 1.165) is 12.0 Å². The van der Waals surface area contributed by atoms with E-state index >= 15 is 0 Å². The Labute approximate surface area is 255 Å². The smallest absolute Gasteiger partial charge is 0.328 e. The zero-order valence-electron chi connectivity index (χ0n) is 25.3. The summed E-state index contributed by atoms with van der Waals surface area (Å²) in [6, 6.07) is -0.979. The molecule has 4 N–H and O–H groups in total. The topological polar surface area (TPSA) is 185 Å². The number of nitrogens with zero attached hydrogens (tertiary/aromatic N) is 1. The average molecular weight is 612 g/mol. The lowest BCUT2D eigenvalue weighted by atomic mass is 9.46. The number of aliphatic hydroxyl groups is 2. The number of H-pyrrole nitrogens is 1. The number of ketones is 2. The van der Waals surface area contributed by atoms with Gasteiger partial charge in [-0.3, -0.25) is 19.2 Å². The molecule has 0 spiro atoms. The van der Waals surface area contributed by atoms with Crippen molar-refractivity contribution in [3.8, 4) is 0 Å². The second-order valence-electron chi connectivity index (χ2n) is 13.1. The first-order valence-corrected chi connectivity index (χ1v) is 15.2. The summed E-state index contributed by atoms with van der Waals surface area (Å²) in [4.78, 5) is 69.3. The fraction of sp³-hybridized carbons (Fsp3) is 0.625. The molecule has 12 nitrogen and oxygen atoms in total. The molecule has 0 radical (unpaired) electrons. The molecule has 8 atom stereocenters. The van der Waals surface area contributed by atoms with Gasteiger partial charge in [0.2, 0.25) is 11.7 Å². The highest BCUT2D eigenvalue weighted by molar-refractivity contribution is 6.01. The van der Waals surface area contributed by atoms with Crippen LogP contribution in [0.2, 0.25) is 0 Å². The molecular formula is C32H41N3O9. The molecule has 0 unspecified atom stereocenters. The van der Waals surface area contributed by atoms with E-state index in [1.165, 1.54) is 19.6 Å². The quantitative estimate of drug-likeness (QED) is 0.283. The number of nitrogens with one attached hydrogen (secondary N) is 2. The lowest BCUT2D eigenvalue weighted by Crippen LogP contribution is -2.61. The minimum absolute atomic E-state index is 0.0295. The zero-order chi connectivity index (χ0) is 31.9. The second kappa shape index (κ2) is 12.0. The summed E-state index contributed by atoms with van der Waals surface area (Å²) in [6.45, 7) is 3.26. The Bertz CT molecular complexity index is 1390. The van der Waals surface area contributed by atoms with Crippen molar-refractivity contribution in [2.75, 3.05) is 13.7 Å². The maximum Gasteiger partial charge on any atom is 0.328 e. The molecule has 1 amide bonds. The van der Waals surface area contributed by atoms with E-state index in [2.05, 4.69) is 22.2 Å². The van der Waals surface area contributed by atoms with Crippen molar-refractivity contribution in [3.63, 3.8) is 0 Å². The van der Waals surface area contributed by atoms with Gasteiger partial charge in [0, 0.05) is 41.5 Å². The predicted molar refractivity (Wildman–Crippen MR) is 154 cm³/mol. The van der Waals surface area contributed by atoms with Gasteiger partial charge in [-0.25, -0.2) is 9.78 Å². The number of hydrogen-bond acceptors (Lipinski definition) is 10. The third-order valence-electron chi connectivity index (χ3n) is 10.8. The average Bonchev–Trinajstić information content (AvgIpc) is 3.60. The van der Waals surface area contributed by atoms with Crippen LogP contribution in [-0.4, -0.2) is 81.1 Å². The van der Waals surface area contributed by atoms with Crippen molar-refractivity contribution in [2.24, 2.45) is 28.6 Å². The number of carbonyl (C=O) groups is 5. The largest absolute Gasteiger partial charge is 0.467 e. The summed E-state index contributed by atoms with van der Waals surface area (Å²) >= 11 is 0. The van der Waals surface area contributed by atoms with Gasteiger partial charge < -0.3 is 30.0 Å². The van der Waals surface area contributed by atoms with Gasteiger partial charge in [-0.15, -0.1) is 0 Å². The van der Waals surface area contributed by atoms with Gasteiger partial charge in [0.05, 0.1) is 26.0 Å². The molecule has 238 valence electrons. The summed E-state index contributed by atoms with van der Waals surface area (Å²) in [5, 5.41) is 25.9. The van der Waals surface area contributed by atoms with Crippen molar-refractivity contribution in [3.05, 3.63) is 42.0 Å². The number of fused-ring (bicyclic) bond motifs is 5. The van der Waals surface area contributed by atoms with Crippen LogP contribution in [0, 0.1) is 28.6 Å². The maximum atomic E-state index is 13.5. The number of Topliss-reactive ketones (excluding diaryl/α,β-unsaturated/α-hetero) is 1. The highest BCUT2D eigenvalue weighted by atomic mass is 16.5. The van der Waals surface area contributed by atoms with E-state index in [4.69, 9.17) is 9.47 Å². The van der Waals surface area contributed by atoms with Crippen molar-refractivity contribution < 1.29 is 43.7 Å². The van der Waals surface area contributed by atoms with Crippen molar-refractivity contribution in [1.29, 1.82) is 0 Å². The van der Waals surface area contributed by atoms with Crippen LogP contribution in [0.3, 0.4) is 0 Å². The molecule has 1 heterocycles. The van der Waals surface area contributed by atoms with Gasteiger partial charge in [0.25, 0.3) is 0 Å². The Balaban J connectivity index is 1.17. The van der Waals surface area contributed by atoms with Gasteiger partial charge in [0.15, 0.2) is 12.4 Å². The Kier molecular flexibility index (Phi) is 8.69. The maximum absolute atomic E-state index is 13.5. The molecule has 1 aromatic rings. The monoisotopic (exact) mass is 611 g/mol. The highest BCUT2D eigenvalue weighted by Gasteiger charge is 2.68. The standard InChI is InChI=1S/C32H41N3O9/c1-30-10-8-20(36)12-18(30)4-5-21-22-9-11-32(42,31(22,2)14-24(37)28(21)30)25(38)16-44-27(40)7-6-26(39)35-23(29(41)43-3)13-19-15-33-17-34-19/h8,10,12,15,17,21-24,28,37,42H,4-7,9,11,13-14,16H2,1-3H3,(H,33,34)(H,35,39)/t21-,22+,23-,24-,28-,30-,31-,32+/m0/s1. The van der Waals surface area contributed by atoms with E-state index in [1.807, 2.05) is 13.0 Å². The molecule has 0 aliphatic heterocycles. The highest BCUT2D eigenvalue weighted by Crippen LogP contribution is 2.67. The first-order chi connectivity index (χ1) is 20.8. The van der Waals surface area contributed by atoms with Crippen LogP contribution in [0.4, 0.5) is 0 Å². The van der Waals surface area contributed by atoms with Gasteiger partial charge in [-0.2, -0.15) is 0 Å². The SMILES string of the molecule is COC(=O)[C@H](Cc1cnc[nH]1)NC(=O)CCC(=O)OCC(=O)[C@]1(O)CC[C@@H]2[C@@H]3CCC4=CC(=O)C=C[C@]4(C)[C@@H]3[C@@H](O)C[C@@]21C. The van der Waals surface area contributed by atoms with Crippen LogP contribution in [0.5, 0.6) is 0 Å². The molecule has 0 aromatic carbocycles.